The third-order valence-corrected chi connectivity index (χ3v) is 4.51. The lowest BCUT2D eigenvalue weighted by Crippen LogP contribution is -2.29. The highest BCUT2D eigenvalue weighted by molar-refractivity contribution is 5.93. The van der Waals surface area contributed by atoms with Gasteiger partial charge in [-0.2, -0.15) is 0 Å². The number of hydrogen-bond acceptors (Lipinski definition) is 3. The molecule has 0 aliphatic carbocycles. The van der Waals surface area contributed by atoms with Crippen LogP contribution in [0.1, 0.15) is 19.3 Å². The van der Waals surface area contributed by atoms with E-state index in [1.54, 1.807) is 6.20 Å². The number of pyridine rings is 1. The Bertz CT molecular complexity index is 898. The first-order valence-corrected chi connectivity index (χ1v) is 7.90. The molecule has 3 aromatic rings. The SMILES string of the molecule is O=c1c2cc(N3CCCCC3)ccc2ccc2ncccc12. The van der Waals surface area contributed by atoms with Gasteiger partial charge >= 0.3 is 0 Å². The van der Waals surface area contributed by atoms with Crippen molar-refractivity contribution in [1.29, 1.82) is 0 Å². The molecular formula is C19H18N2O. The zero-order valence-corrected chi connectivity index (χ0v) is 12.5. The topological polar surface area (TPSA) is 33.2 Å². The Labute approximate surface area is 129 Å². The molecule has 0 atom stereocenters. The monoisotopic (exact) mass is 290 g/mol. The number of fused-ring (bicyclic) bond motifs is 2. The molecule has 0 amide bonds. The molecule has 0 unspecified atom stereocenters. The van der Waals surface area contributed by atoms with Crippen molar-refractivity contribution >= 4 is 27.4 Å². The van der Waals surface area contributed by atoms with Crippen LogP contribution in [0.5, 0.6) is 0 Å². The summed E-state index contributed by atoms with van der Waals surface area (Å²) in [4.78, 5) is 19.6. The predicted molar refractivity (Wildman–Crippen MR) is 91.6 cm³/mol. The molecule has 0 spiro atoms. The van der Waals surface area contributed by atoms with Crippen molar-refractivity contribution in [2.75, 3.05) is 18.0 Å². The second-order valence-electron chi connectivity index (χ2n) is 5.92. The maximum Gasteiger partial charge on any atom is 0.195 e. The summed E-state index contributed by atoms with van der Waals surface area (Å²) >= 11 is 0. The highest BCUT2D eigenvalue weighted by atomic mass is 16.1. The first-order valence-electron chi connectivity index (χ1n) is 7.90. The number of nitrogens with zero attached hydrogens (tertiary/aromatic N) is 2. The molecule has 0 bridgehead atoms. The van der Waals surface area contributed by atoms with Crippen molar-refractivity contribution in [1.82, 2.24) is 4.98 Å². The highest BCUT2D eigenvalue weighted by Crippen LogP contribution is 2.24. The zero-order valence-electron chi connectivity index (χ0n) is 12.5. The first kappa shape index (κ1) is 13.3. The van der Waals surface area contributed by atoms with E-state index in [9.17, 15) is 4.79 Å². The van der Waals surface area contributed by atoms with Crippen LogP contribution >= 0.6 is 0 Å². The quantitative estimate of drug-likeness (QED) is 0.684. The van der Waals surface area contributed by atoms with Gasteiger partial charge in [0.2, 0.25) is 0 Å². The van der Waals surface area contributed by atoms with Gasteiger partial charge in [0.15, 0.2) is 5.43 Å². The molecule has 3 nitrogen and oxygen atoms in total. The predicted octanol–water partition coefficient (Wildman–Crippen LogP) is 3.74. The average Bonchev–Trinajstić information content (AvgIpc) is 2.73. The molecule has 2 aromatic carbocycles. The van der Waals surface area contributed by atoms with E-state index in [1.807, 2.05) is 24.3 Å². The van der Waals surface area contributed by atoms with Gasteiger partial charge in [-0.05, 0) is 55.0 Å². The molecule has 1 aliphatic rings. The molecule has 0 N–H and O–H groups in total. The molecule has 1 fully saturated rings. The van der Waals surface area contributed by atoms with Crippen LogP contribution < -0.4 is 10.3 Å². The fourth-order valence-corrected chi connectivity index (χ4v) is 3.29. The molecule has 1 aliphatic heterocycles. The Balaban J connectivity index is 1.96. The lowest BCUT2D eigenvalue weighted by Gasteiger charge is -2.28. The number of benzene rings is 1. The van der Waals surface area contributed by atoms with Crippen LogP contribution in [0, 0.1) is 0 Å². The Morgan fingerprint density at radius 1 is 0.909 bits per heavy atom. The highest BCUT2D eigenvalue weighted by Gasteiger charge is 2.12. The van der Waals surface area contributed by atoms with Gasteiger partial charge in [-0.1, -0.05) is 12.1 Å². The third kappa shape index (κ3) is 2.23. The van der Waals surface area contributed by atoms with Crippen LogP contribution in [-0.2, 0) is 0 Å². The lowest BCUT2D eigenvalue weighted by molar-refractivity contribution is 0.578. The summed E-state index contributed by atoms with van der Waals surface area (Å²) in [6, 6.07) is 13.8. The maximum absolute atomic E-state index is 12.9. The van der Waals surface area contributed by atoms with Crippen LogP contribution in [-0.4, -0.2) is 18.1 Å². The number of piperidine rings is 1. The van der Waals surface area contributed by atoms with E-state index in [0.717, 1.165) is 35.1 Å². The summed E-state index contributed by atoms with van der Waals surface area (Å²) in [6.07, 6.45) is 5.50. The number of aromatic nitrogens is 1. The van der Waals surface area contributed by atoms with E-state index in [0.29, 0.717) is 5.39 Å². The number of anilines is 1. The molecule has 0 radical (unpaired) electrons. The standard InChI is InChI=1S/C19H18N2O/c22-19-16-5-4-10-20-18(16)9-7-14-6-8-15(13-17(14)19)21-11-2-1-3-12-21/h4-10,13H,1-3,11-12H2. The van der Waals surface area contributed by atoms with Crippen LogP contribution in [0.3, 0.4) is 0 Å². The molecule has 4 rings (SSSR count). The van der Waals surface area contributed by atoms with Gasteiger partial charge in [0.1, 0.15) is 0 Å². The van der Waals surface area contributed by atoms with Gasteiger partial charge in [-0.15, -0.1) is 0 Å². The molecule has 1 saturated heterocycles. The second kappa shape index (κ2) is 5.41. The van der Waals surface area contributed by atoms with Gasteiger partial charge in [-0.3, -0.25) is 9.78 Å². The van der Waals surface area contributed by atoms with E-state index in [4.69, 9.17) is 0 Å². The summed E-state index contributed by atoms with van der Waals surface area (Å²) < 4.78 is 0. The van der Waals surface area contributed by atoms with Crippen LogP contribution in [0.25, 0.3) is 21.7 Å². The summed E-state index contributed by atoms with van der Waals surface area (Å²) in [7, 11) is 0. The van der Waals surface area contributed by atoms with Crippen LogP contribution in [0.4, 0.5) is 5.69 Å². The van der Waals surface area contributed by atoms with Gasteiger partial charge < -0.3 is 4.90 Å². The van der Waals surface area contributed by atoms with Crippen LogP contribution in [0.2, 0.25) is 0 Å². The Kier molecular flexibility index (Phi) is 3.26. The smallest absolute Gasteiger partial charge is 0.195 e. The second-order valence-corrected chi connectivity index (χ2v) is 5.92. The van der Waals surface area contributed by atoms with Crippen molar-refractivity contribution in [2.24, 2.45) is 0 Å². The van der Waals surface area contributed by atoms with E-state index < -0.39 is 0 Å². The third-order valence-electron chi connectivity index (χ3n) is 4.51. The number of hydrogen-bond donors (Lipinski definition) is 0. The van der Waals surface area contributed by atoms with Gasteiger partial charge in [0, 0.05) is 35.7 Å². The lowest BCUT2D eigenvalue weighted by atomic mass is 10.1. The van der Waals surface area contributed by atoms with Crippen molar-refractivity contribution < 1.29 is 0 Å². The summed E-state index contributed by atoms with van der Waals surface area (Å²) in [5.41, 5.74) is 1.98. The summed E-state index contributed by atoms with van der Waals surface area (Å²) in [5, 5.41) is 2.45. The molecule has 1 aromatic heterocycles. The minimum atomic E-state index is 0.0713. The Morgan fingerprint density at radius 3 is 2.59 bits per heavy atom. The van der Waals surface area contributed by atoms with E-state index in [2.05, 4.69) is 28.1 Å². The minimum Gasteiger partial charge on any atom is -0.372 e. The largest absolute Gasteiger partial charge is 0.372 e. The van der Waals surface area contributed by atoms with E-state index in [1.165, 1.54) is 19.3 Å². The van der Waals surface area contributed by atoms with Crippen molar-refractivity contribution in [3.05, 3.63) is 58.9 Å². The van der Waals surface area contributed by atoms with Gasteiger partial charge in [0.05, 0.1) is 5.52 Å². The van der Waals surface area contributed by atoms with Crippen molar-refractivity contribution in [2.45, 2.75) is 19.3 Å². The summed E-state index contributed by atoms with van der Waals surface area (Å²) in [5.74, 6) is 0. The molecule has 22 heavy (non-hydrogen) atoms. The molecule has 0 saturated carbocycles. The molecule has 110 valence electrons. The van der Waals surface area contributed by atoms with Crippen molar-refractivity contribution in [3.8, 4) is 0 Å². The summed E-state index contributed by atoms with van der Waals surface area (Å²) in [6.45, 7) is 2.17. The Hall–Kier alpha value is -2.42. The number of rotatable bonds is 1. The van der Waals surface area contributed by atoms with E-state index >= 15 is 0 Å². The molecule has 2 heterocycles. The van der Waals surface area contributed by atoms with Crippen molar-refractivity contribution in [3.63, 3.8) is 0 Å². The van der Waals surface area contributed by atoms with Gasteiger partial charge in [-0.25, -0.2) is 0 Å². The molecule has 3 heteroatoms. The molecular weight excluding hydrogens is 272 g/mol. The van der Waals surface area contributed by atoms with E-state index in [-0.39, 0.29) is 5.43 Å². The zero-order chi connectivity index (χ0) is 14.9. The normalized spacial score (nSPS) is 15.4. The van der Waals surface area contributed by atoms with Gasteiger partial charge in [0.25, 0.3) is 0 Å². The van der Waals surface area contributed by atoms with Crippen LogP contribution in [0.15, 0.2) is 53.5 Å². The Morgan fingerprint density at radius 2 is 1.73 bits per heavy atom. The maximum atomic E-state index is 12.9. The first-order chi connectivity index (χ1) is 10.8. The fourth-order valence-electron chi connectivity index (χ4n) is 3.29. The average molecular weight is 290 g/mol. The minimum absolute atomic E-state index is 0.0713. The fraction of sp³-hybridized carbons (Fsp3) is 0.263.